The van der Waals surface area contributed by atoms with Crippen molar-refractivity contribution in [1.29, 1.82) is 0 Å². The SMILES string of the molecule is O=C(Cn1cnc2ccccc2c1=O)N1CCN(C(=O)C2CC2c2ccc(F)cc2)CC1. The monoisotopic (exact) mass is 434 g/mol. The van der Waals surface area contributed by atoms with Crippen LogP contribution in [0.5, 0.6) is 0 Å². The molecule has 2 atom stereocenters. The number of amides is 2. The van der Waals surface area contributed by atoms with Gasteiger partial charge in [0.05, 0.1) is 17.2 Å². The minimum absolute atomic E-state index is 0.0648. The zero-order chi connectivity index (χ0) is 22.2. The summed E-state index contributed by atoms with van der Waals surface area (Å²) >= 11 is 0. The summed E-state index contributed by atoms with van der Waals surface area (Å²) in [4.78, 5) is 46.0. The quantitative estimate of drug-likeness (QED) is 0.630. The Hall–Kier alpha value is -3.55. The van der Waals surface area contributed by atoms with Crippen molar-refractivity contribution >= 4 is 22.7 Å². The first-order valence-electron chi connectivity index (χ1n) is 10.8. The van der Waals surface area contributed by atoms with Gasteiger partial charge in [0.1, 0.15) is 12.4 Å². The van der Waals surface area contributed by atoms with Crippen molar-refractivity contribution in [2.45, 2.75) is 18.9 Å². The van der Waals surface area contributed by atoms with E-state index in [0.717, 1.165) is 12.0 Å². The lowest BCUT2D eigenvalue weighted by molar-refractivity contribution is -0.140. The molecule has 1 saturated heterocycles. The fraction of sp³-hybridized carbons (Fsp3) is 0.333. The highest BCUT2D eigenvalue weighted by atomic mass is 19.1. The van der Waals surface area contributed by atoms with E-state index < -0.39 is 0 Å². The molecule has 8 heteroatoms. The van der Waals surface area contributed by atoms with Crippen LogP contribution in [0.2, 0.25) is 0 Å². The van der Waals surface area contributed by atoms with E-state index >= 15 is 0 Å². The summed E-state index contributed by atoms with van der Waals surface area (Å²) in [7, 11) is 0. The molecule has 2 heterocycles. The molecule has 1 aromatic heterocycles. The van der Waals surface area contributed by atoms with Crippen LogP contribution in [0.25, 0.3) is 10.9 Å². The third kappa shape index (κ3) is 3.88. The number of carbonyl (C=O) groups excluding carboxylic acids is 2. The molecule has 2 unspecified atom stereocenters. The van der Waals surface area contributed by atoms with Gasteiger partial charge in [0, 0.05) is 32.1 Å². The van der Waals surface area contributed by atoms with Crippen LogP contribution in [0.3, 0.4) is 0 Å². The third-order valence-electron chi connectivity index (χ3n) is 6.39. The normalized spacial score (nSPS) is 20.4. The lowest BCUT2D eigenvalue weighted by Gasteiger charge is -2.35. The molecule has 0 bridgehead atoms. The molecule has 2 aromatic carbocycles. The average molecular weight is 434 g/mol. The topological polar surface area (TPSA) is 75.5 Å². The molecule has 164 valence electrons. The van der Waals surface area contributed by atoms with Crippen molar-refractivity contribution in [3.63, 3.8) is 0 Å². The van der Waals surface area contributed by atoms with Gasteiger partial charge in [0.2, 0.25) is 11.8 Å². The third-order valence-corrected chi connectivity index (χ3v) is 6.39. The lowest BCUT2D eigenvalue weighted by Crippen LogP contribution is -2.52. The molecule has 5 rings (SSSR count). The molecule has 2 aliphatic rings. The van der Waals surface area contributed by atoms with E-state index in [1.54, 1.807) is 35.2 Å². The second-order valence-electron chi connectivity index (χ2n) is 8.40. The molecular weight excluding hydrogens is 411 g/mol. The Morgan fingerprint density at radius 1 is 0.969 bits per heavy atom. The Kier molecular flexibility index (Phi) is 5.20. The Morgan fingerprint density at radius 3 is 2.41 bits per heavy atom. The number of rotatable bonds is 4. The van der Waals surface area contributed by atoms with Crippen LogP contribution in [0, 0.1) is 11.7 Å². The maximum Gasteiger partial charge on any atom is 0.261 e. The van der Waals surface area contributed by atoms with Crippen molar-refractivity contribution in [2.24, 2.45) is 5.92 Å². The second-order valence-corrected chi connectivity index (χ2v) is 8.40. The van der Waals surface area contributed by atoms with Crippen molar-refractivity contribution in [2.75, 3.05) is 26.2 Å². The Bertz CT molecular complexity index is 1230. The number of hydrogen-bond donors (Lipinski definition) is 0. The molecule has 2 amide bonds. The highest BCUT2D eigenvalue weighted by Crippen LogP contribution is 2.48. The first-order chi connectivity index (χ1) is 15.5. The van der Waals surface area contributed by atoms with Crippen LogP contribution in [-0.2, 0) is 16.1 Å². The van der Waals surface area contributed by atoms with E-state index in [0.29, 0.717) is 37.1 Å². The van der Waals surface area contributed by atoms with Crippen LogP contribution < -0.4 is 5.56 Å². The van der Waals surface area contributed by atoms with E-state index in [-0.39, 0.29) is 41.6 Å². The Labute approximate surface area is 184 Å². The van der Waals surface area contributed by atoms with Gasteiger partial charge in [-0.15, -0.1) is 0 Å². The van der Waals surface area contributed by atoms with Gasteiger partial charge >= 0.3 is 0 Å². The molecule has 1 aliphatic heterocycles. The summed E-state index contributed by atoms with van der Waals surface area (Å²) in [5.74, 6) is -0.256. The highest BCUT2D eigenvalue weighted by Gasteiger charge is 2.46. The van der Waals surface area contributed by atoms with Crippen molar-refractivity contribution in [3.05, 3.63) is 76.6 Å². The summed E-state index contributed by atoms with van der Waals surface area (Å²) in [6.45, 7) is 1.76. The predicted octanol–water partition coefficient (Wildman–Crippen LogP) is 2.01. The maximum absolute atomic E-state index is 13.1. The smallest absolute Gasteiger partial charge is 0.261 e. The van der Waals surface area contributed by atoms with Gasteiger partial charge in [0.25, 0.3) is 5.56 Å². The molecule has 2 fully saturated rings. The van der Waals surface area contributed by atoms with Crippen molar-refractivity contribution < 1.29 is 14.0 Å². The van der Waals surface area contributed by atoms with Gasteiger partial charge in [0.15, 0.2) is 0 Å². The summed E-state index contributed by atoms with van der Waals surface area (Å²) in [6.07, 6.45) is 2.19. The fourth-order valence-electron chi connectivity index (χ4n) is 4.42. The van der Waals surface area contributed by atoms with E-state index in [9.17, 15) is 18.8 Å². The zero-order valence-corrected chi connectivity index (χ0v) is 17.5. The van der Waals surface area contributed by atoms with E-state index in [2.05, 4.69) is 4.98 Å². The number of nitrogens with zero attached hydrogens (tertiary/aromatic N) is 4. The summed E-state index contributed by atoms with van der Waals surface area (Å²) < 4.78 is 14.5. The van der Waals surface area contributed by atoms with Crippen LogP contribution in [-0.4, -0.2) is 57.3 Å². The first-order valence-corrected chi connectivity index (χ1v) is 10.8. The van der Waals surface area contributed by atoms with E-state index in [4.69, 9.17) is 0 Å². The lowest BCUT2D eigenvalue weighted by atomic mass is 10.1. The molecule has 0 N–H and O–H groups in total. The Balaban J connectivity index is 1.17. The molecule has 3 aromatic rings. The number of halogens is 1. The fourth-order valence-corrected chi connectivity index (χ4v) is 4.42. The number of para-hydroxylation sites is 1. The molecule has 7 nitrogen and oxygen atoms in total. The molecular formula is C24H23FN4O3. The minimum atomic E-state index is -0.278. The molecule has 32 heavy (non-hydrogen) atoms. The maximum atomic E-state index is 13.1. The van der Waals surface area contributed by atoms with Crippen molar-refractivity contribution in [1.82, 2.24) is 19.4 Å². The van der Waals surface area contributed by atoms with Gasteiger partial charge in [-0.25, -0.2) is 9.37 Å². The minimum Gasteiger partial charge on any atom is -0.339 e. The molecule has 0 radical (unpaired) electrons. The molecule has 0 spiro atoms. The number of hydrogen-bond acceptors (Lipinski definition) is 4. The van der Waals surface area contributed by atoms with Crippen LogP contribution in [0.1, 0.15) is 17.9 Å². The van der Waals surface area contributed by atoms with Gasteiger partial charge in [-0.2, -0.15) is 0 Å². The molecule has 1 saturated carbocycles. The van der Waals surface area contributed by atoms with Crippen LogP contribution >= 0.6 is 0 Å². The summed E-state index contributed by atoms with van der Waals surface area (Å²) in [6, 6.07) is 13.4. The highest BCUT2D eigenvalue weighted by molar-refractivity contribution is 5.84. The number of piperazine rings is 1. The van der Waals surface area contributed by atoms with Crippen LogP contribution in [0.15, 0.2) is 59.7 Å². The van der Waals surface area contributed by atoms with Crippen molar-refractivity contribution in [3.8, 4) is 0 Å². The number of fused-ring (bicyclic) bond motifs is 1. The van der Waals surface area contributed by atoms with E-state index in [1.807, 2.05) is 11.0 Å². The zero-order valence-electron chi connectivity index (χ0n) is 17.5. The average Bonchev–Trinajstić information content (AvgIpc) is 3.62. The first kappa shape index (κ1) is 20.4. The number of carbonyl (C=O) groups is 2. The predicted molar refractivity (Wildman–Crippen MR) is 116 cm³/mol. The summed E-state index contributed by atoms with van der Waals surface area (Å²) in [5.41, 5.74) is 1.36. The van der Waals surface area contributed by atoms with Gasteiger partial charge in [-0.1, -0.05) is 24.3 Å². The second kappa shape index (κ2) is 8.18. The standard InChI is InChI=1S/C24H23FN4O3/c25-17-7-5-16(6-8-17)19-13-20(19)24(32)28-11-9-27(10-12-28)22(30)14-29-15-26-21-4-2-1-3-18(21)23(29)31/h1-8,15,19-20H,9-14H2. The van der Waals surface area contributed by atoms with Crippen LogP contribution in [0.4, 0.5) is 4.39 Å². The van der Waals surface area contributed by atoms with Gasteiger partial charge in [-0.3, -0.25) is 19.0 Å². The number of aromatic nitrogens is 2. The Morgan fingerprint density at radius 2 is 1.66 bits per heavy atom. The van der Waals surface area contributed by atoms with Gasteiger partial charge in [-0.05, 0) is 42.2 Å². The number of benzene rings is 2. The largest absolute Gasteiger partial charge is 0.339 e. The van der Waals surface area contributed by atoms with E-state index in [1.165, 1.54) is 23.0 Å². The van der Waals surface area contributed by atoms with Gasteiger partial charge < -0.3 is 9.80 Å². The summed E-state index contributed by atoms with van der Waals surface area (Å²) in [5, 5.41) is 0.485. The molecule has 1 aliphatic carbocycles.